The molecule has 0 radical (unpaired) electrons. The lowest BCUT2D eigenvalue weighted by molar-refractivity contribution is 0.154. The molecule has 0 amide bonds. The Bertz CT molecular complexity index is 258. The SMILES string of the molecule is CC#CCCN1CCCC(C2CCCN2)C1. The van der Waals surface area contributed by atoms with Gasteiger partial charge in [-0.2, -0.15) is 0 Å². The molecule has 0 aliphatic carbocycles. The normalized spacial score (nSPS) is 31.1. The molecule has 2 heterocycles. The van der Waals surface area contributed by atoms with Crippen molar-refractivity contribution < 1.29 is 0 Å². The van der Waals surface area contributed by atoms with Gasteiger partial charge in [-0.05, 0) is 51.6 Å². The Morgan fingerprint density at radius 3 is 3.00 bits per heavy atom. The van der Waals surface area contributed by atoms with Crippen molar-refractivity contribution in [1.82, 2.24) is 10.2 Å². The van der Waals surface area contributed by atoms with Crippen LogP contribution >= 0.6 is 0 Å². The summed E-state index contributed by atoms with van der Waals surface area (Å²) in [5.74, 6) is 7.05. The molecule has 0 aromatic rings. The van der Waals surface area contributed by atoms with Crippen molar-refractivity contribution in [3.05, 3.63) is 0 Å². The maximum Gasteiger partial charge on any atom is 0.0216 e. The summed E-state index contributed by atoms with van der Waals surface area (Å²) in [5.41, 5.74) is 0. The third-order valence-corrected chi connectivity index (χ3v) is 3.94. The molecule has 90 valence electrons. The lowest BCUT2D eigenvalue weighted by Crippen LogP contribution is -2.43. The topological polar surface area (TPSA) is 15.3 Å². The van der Waals surface area contributed by atoms with Crippen molar-refractivity contribution in [2.75, 3.05) is 26.2 Å². The minimum atomic E-state index is 0.806. The van der Waals surface area contributed by atoms with Crippen LogP contribution in [0.2, 0.25) is 0 Å². The highest BCUT2D eigenvalue weighted by molar-refractivity contribution is 4.96. The van der Waals surface area contributed by atoms with Crippen molar-refractivity contribution in [3.63, 3.8) is 0 Å². The molecule has 0 spiro atoms. The van der Waals surface area contributed by atoms with E-state index in [-0.39, 0.29) is 0 Å². The van der Waals surface area contributed by atoms with Gasteiger partial charge in [-0.1, -0.05) is 0 Å². The molecule has 0 aromatic carbocycles. The Morgan fingerprint density at radius 1 is 1.31 bits per heavy atom. The first-order valence-electron chi connectivity index (χ1n) is 6.75. The van der Waals surface area contributed by atoms with E-state index in [9.17, 15) is 0 Å². The molecule has 2 heteroatoms. The number of piperidine rings is 1. The van der Waals surface area contributed by atoms with Crippen LogP contribution in [0, 0.1) is 17.8 Å². The zero-order valence-electron chi connectivity index (χ0n) is 10.5. The van der Waals surface area contributed by atoms with Crippen molar-refractivity contribution in [1.29, 1.82) is 0 Å². The number of rotatable bonds is 3. The van der Waals surface area contributed by atoms with E-state index in [0.717, 1.165) is 18.4 Å². The van der Waals surface area contributed by atoms with Crippen molar-refractivity contribution in [2.24, 2.45) is 5.92 Å². The van der Waals surface area contributed by atoms with Crippen molar-refractivity contribution in [2.45, 2.75) is 45.1 Å². The largest absolute Gasteiger partial charge is 0.314 e. The van der Waals surface area contributed by atoms with Crippen LogP contribution in [0.5, 0.6) is 0 Å². The Kier molecular flexibility index (Phi) is 4.69. The van der Waals surface area contributed by atoms with Gasteiger partial charge >= 0.3 is 0 Å². The standard InChI is InChI=1S/C14H24N2/c1-2-3-4-10-16-11-6-7-13(12-16)14-8-5-9-15-14/h13-15H,4-12H2,1H3. The van der Waals surface area contributed by atoms with Gasteiger partial charge in [0.05, 0.1) is 0 Å². The maximum absolute atomic E-state index is 3.66. The summed E-state index contributed by atoms with van der Waals surface area (Å²) in [6.07, 6.45) is 6.62. The summed E-state index contributed by atoms with van der Waals surface area (Å²) in [7, 11) is 0. The average molecular weight is 220 g/mol. The smallest absolute Gasteiger partial charge is 0.0216 e. The van der Waals surface area contributed by atoms with Gasteiger partial charge in [-0.15, -0.1) is 11.8 Å². The monoisotopic (exact) mass is 220 g/mol. The van der Waals surface area contributed by atoms with Crippen LogP contribution in [0.25, 0.3) is 0 Å². The second-order valence-corrected chi connectivity index (χ2v) is 5.08. The molecule has 2 aliphatic rings. The molecule has 2 rings (SSSR count). The predicted molar refractivity (Wildman–Crippen MR) is 68.3 cm³/mol. The number of likely N-dealkylation sites (tertiary alicyclic amines) is 1. The molecule has 0 saturated carbocycles. The van der Waals surface area contributed by atoms with Crippen LogP contribution in [0.3, 0.4) is 0 Å². The Labute approximate surface area is 99.8 Å². The molecule has 2 saturated heterocycles. The Hall–Kier alpha value is -0.520. The van der Waals surface area contributed by atoms with Gasteiger partial charge in [0.1, 0.15) is 0 Å². The molecule has 1 N–H and O–H groups in total. The molecule has 0 bridgehead atoms. The van der Waals surface area contributed by atoms with E-state index in [0.29, 0.717) is 0 Å². The highest BCUT2D eigenvalue weighted by Crippen LogP contribution is 2.24. The summed E-state index contributed by atoms with van der Waals surface area (Å²) in [6.45, 7) is 6.92. The van der Waals surface area contributed by atoms with Gasteiger partial charge in [0, 0.05) is 25.6 Å². The van der Waals surface area contributed by atoms with E-state index in [1.54, 1.807) is 0 Å². The molecule has 2 unspecified atom stereocenters. The minimum Gasteiger partial charge on any atom is -0.314 e. The van der Waals surface area contributed by atoms with Gasteiger partial charge < -0.3 is 10.2 Å². The van der Waals surface area contributed by atoms with Crippen LogP contribution < -0.4 is 5.32 Å². The molecule has 2 nitrogen and oxygen atoms in total. The fourth-order valence-electron chi connectivity index (χ4n) is 3.08. The van der Waals surface area contributed by atoms with Crippen molar-refractivity contribution >= 4 is 0 Å². The second-order valence-electron chi connectivity index (χ2n) is 5.08. The first-order chi connectivity index (χ1) is 7.90. The summed E-state index contributed by atoms with van der Waals surface area (Å²) in [6, 6.07) is 0.806. The quantitative estimate of drug-likeness (QED) is 0.730. The van der Waals surface area contributed by atoms with Gasteiger partial charge in [-0.25, -0.2) is 0 Å². The molecular weight excluding hydrogens is 196 g/mol. The molecular formula is C14H24N2. The molecule has 0 aromatic heterocycles. The van der Waals surface area contributed by atoms with Crippen LogP contribution in [0.15, 0.2) is 0 Å². The van der Waals surface area contributed by atoms with Crippen LogP contribution in [0.4, 0.5) is 0 Å². The first-order valence-corrected chi connectivity index (χ1v) is 6.75. The summed E-state index contributed by atoms with van der Waals surface area (Å²) in [4.78, 5) is 2.61. The number of hydrogen-bond donors (Lipinski definition) is 1. The summed E-state index contributed by atoms with van der Waals surface area (Å²) < 4.78 is 0. The molecule has 2 atom stereocenters. The molecule has 2 fully saturated rings. The third-order valence-electron chi connectivity index (χ3n) is 3.94. The second kappa shape index (κ2) is 6.27. The van der Waals surface area contributed by atoms with E-state index in [4.69, 9.17) is 0 Å². The summed E-state index contributed by atoms with van der Waals surface area (Å²) in [5, 5.41) is 3.66. The molecule has 16 heavy (non-hydrogen) atoms. The number of hydrogen-bond acceptors (Lipinski definition) is 2. The van der Waals surface area contributed by atoms with Crippen LogP contribution in [-0.4, -0.2) is 37.1 Å². The minimum absolute atomic E-state index is 0.806. The van der Waals surface area contributed by atoms with Gasteiger partial charge in [0.15, 0.2) is 0 Å². The van der Waals surface area contributed by atoms with E-state index in [1.807, 2.05) is 6.92 Å². The highest BCUT2D eigenvalue weighted by atomic mass is 15.1. The lowest BCUT2D eigenvalue weighted by Gasteiger charge is -2.35. The van der Waals surface area contributed by atoms with E-state index < -0.39 is 0 Å². The predicted octanol–water partition coefficient (Wildman–Crippen LogP) is 1.86. The van der Waals surface area contributed by atoms with Gasteiger partial charge in [-0.3, -0.25) is 0 Å². The Balaban J connectivity index is 1.76. The van der Waals surface area contributed by atoms with E-state index in [2.05, 4.69) is 22.1 Å². The lowest BCUT2D eigenvalue weighted by atomic mass is 9.90. The highest BCUT2D eigenvalue weighted by Gasteiger charge is 2.28. The van der Waals surface area contributed by atoms with Gasteiger partial charge in [0.25, 0.3) is 0 Å². The maximum atomic E-state index is 3.66. The van der Waals surface area contributed by atoms with Crippen molar-refractivity contribution in [3.8, 4) is 11.8 Å². The number of nitrogens with zero attached hydrogens (tertiary/aromatic N) is 1. The van der Waals surface area contributed by atoms with E-state index in [1.165, 1.54) is 51.9 Å². The zero-order valence-corrected chi connectivity index (χ0v) is 10.5. The number of nitrogens with one attached hydrogen (secondary N) is 1. The third kappa shape index (κ3) is 3.23. The first kappa shape index (κ1) is 12.0. The van der Waals surface area contributed by atoms with Crippen LogP contribution in [-0.2, 0) is 0 Å². The van der Waals surface area contributed by atoms with Crippen LogP contribution in [0.1, 0.15) is 39.0 Å². The zero-order chi connectivity index (χ0) is 11.2. The van der Waals surface area contributed by atoms with Gasteiger partial charge in [0.2, 0.25) is 0 Å². The summed E-state index contributed by atoms with van der Waals surface area (Å²) >= 11 is 0. The average Bonchev–Trinajstić information content (AvgIpc) is 2.83. The fourth-order valence-corrected chi connectivity index (χ4v) is 3.08. The molecule has 2 aliphatic heterocycles. The van der Waals surface area contributed by atoms with E-state index >= 15 is 0 Å². The Morgan fingerprint density at radius 2 is 2.25 bits per heavy atom. The fraction of sp³-hybridized carbons (Fsp3) is 0.857.